The van der Waals surface area contributed by atoms with E-state index in [0.717, 1.165) is 46.8 Å². The minimum atomic E-state index is -3.24. The largest absolute Gasteiger partial charge is 0.497 e. The van der Waals surface area contributed by atoms with Crippen LogP contribution in [0, 0.1) is 0 Å². The molecular formula is C19H20N4O3S. The average Bonchev–Trinajstić information content (AvgIpc) is 3.23. The Balaban J connectivity index is 1.61. The third-order valence-electron chi connectivity index (χ3n) is 5.61. The van der Waals surface area contributed by atoms with Gasteiger partial charge in [-0.15, -0.1) is 0 Å². The van der Waals surface area contributed by atoms with Crippen LogP contribution in [0.3, 0.4) is 0 Å². The number of methoxy groups -OCH3 is 1. The van der Waals surface area contributed by atoms with E-state index in [1.54, 1.807) is 11.4 Å². The average molecular weight is 384 g/mol. The predicted molar refractivity (Wildman–Crippen MR) is 101 cm³/mol. The van der Waals surface area contributed by atoms with Gasteiger partial charge in [-0.1, -0.05) is 0 Å². The van der Waals surface area contributed by atoms with Gasteiger partial charge in [0.05, 0.1) is 30.8 Å². The number of hydrogen-bond acceptors (Lipinski definition) is 5. The number of hydrogen-bond donors (Lipinski definition) is 0. The summed E-state index contributed by atoms with van der Waals surface area (Å²) in [7, 11) is -1.60. The molecule has 0 aliphatic carbocycles. The molecule has 5 rings (SSSR count). The third kappa shape index (κ3) is 2.55. The van der Waals surface area contributed by atoms with E-state index in [4.69, 9.17) is 9.84 Å². The van der Waals surface area contributed by atoms with Crippen LogP contribution in [0.1, 0.15) is 30.1 Å². The van der Waals surface area contributed by atoms with E-state index in [1.807, 2.05) is 41.0 Å². The molecule has 27 heavy (non-hydrogen) atoms. The summed E-state index contributed by atoms with van der Waals surface area (Å²) in [5, 5.41) is 4.78. The number of aromatic nitrogens is 3. The Labute approximate surface area is 157 Å². The summed E-state index contributed by atoms with van der Waals surface area (Å²) in [6.07, 6.45) is 5.51. The van der Waals surface area contributed by atoms with Crippen molar-refractivity contribution in [3.63, 3.8) is 0 Å². The molecule has 2 bridgehead atoms. The van der Waals surface area contributed by atoms with Crippen LogP contribution in [0.4, 0.5) is 0 Å². The molecule has 0 radical (unpaired) electrons. The molecule has 7 nitrogen and oxygen atoms in total. The maximum absolute atomic E-state index is 12.2. The summed E-state index contributed by atoms with van der Waals surface area (Å²) in [4.78, 5) is 4.56. The van der Waals surface area contributed by atoms with Crippen LogP contribution < -0.4 is 4.74 Å². The molecule has 0 spiro atoms. The summed E-state index contributed by atoms with van der Waals surface area (Å²) in [5.74, 6) is 0.801. The van der Waals surface area contributed by atoms with Crippen LogP contribution in [0.5, 0.6) is 5.75 Å². The molecule has 0 saturated carbocycles. The van der Waals surface area contributed by atoms with Crippen molar-refractivity contribution in [2.75, 3.05) is 13.4 Å². The zero-order valence-corrected chi connectivity index (χ0v) is 16.0. The van der Waals surface area contributed by atoms with Gasteiger partial charge in [-0.2, -0.15) is 9.40 Å². The highest BCUT2D eigenvalue weighted by Crippen LogP contribution is 2.45. The quantitative estimate of drug-likeness (QED) is 0.693. The second-order valence-corrected chi connectivity index (χ2v) is 9.12. The smallest absolute Gasteiger partial charge is 0.212 e. The summed E-state index contributed by atoms with van der Waals surface area (Å²) < 4.78 is 33.2. The monoisotopic (exact) mass is 384 g/mol. The molecule has 0 unspecified atom stereocenters. The molecule has 140 valence electrons. The van der Waals surface area contributed by atoms with Crippen molar-refractivity contribution in [3.05, 3.63) is 47.8 Å². The van der Waals surface area contributed by atoms with Crippen molar-refractivity contribution >= 4 is 15.7 Å². The van der Waals surface area contributed by atoms with Crippen molar-refractivity contribution in [1.29, 1.82) is 0 Å². The molecule has 2 atom stereocenters. The van der Waals surface area contributed by atoms with Gasteiger partial charge in [0.2, 0.25) is 10.0 Å². The topological polar surface area (TPSA) is 76.8 Å². The lowest BCUT2D eigenvalue weighted by molar-refractivity contribution is 0.300. The van der Waals surface area contributed by atoms with Gasteiger partial charge in [-0.25, -0.2) is 17.9 Å². The van der Waals surface area contributed by atoms with Crippen molar-refractivity contribution < 1.29 is 13.2 Å². The number of ether oxygens (including phenoxy) is 1. The molecular weight excluding hydrogens is 364 g/mol. The fraction of sp³-hybridized carbons (Fsp3) is 0.368. The number of fused-ring (bicyclic) bond motifs is 6. The predicted octanol–water partition coefficient (Wildman–Crippen LogP) is 2.43. The molecule has 2 aliphatic rings. The SMILES string of the molecule is COc1ccc(-c2cc3ncc4c(n3n2)C[C@@H]2CC[C@H]4N2S(C)(=O)=O)cc1. The first-order valence-electron chi connectivity index (χ1n) is 8.96. The molecule has 3 aromatic rings. The van der Waals surface area contributed by atoms with Crippen LogP contribution in [0.2, 0.25) is 0 Å². The van der Waals surface area contributed by atoms with Crippen LogP contribution in [0.15, 0.2) is 36.5 Å². The Kier molecular flexibility index (Phi) is 3.57. The first-order valence-corrected chi connectivity index (χ1v) is 10.8. The number of sulfonamides is 1. The van der Waals surface area contributed by atoms with E-state index in [1.165, 1.54) is 6.26 Å². The molecule has 1 saturated heterocycles. The Hall–Kier alpha value is -2.45. The van der Waals surface area contributed by atoms with E-state index in [2.05, 4.69) is 4.98 Å². The van der Waals surface area contributed by atoms with Gasteiger partial charge in [0, 0.05) is 35.9 Å². The summed E-state index contributed by atoms with van der Waals surface area (Å²) >= 11 is 0. The molecule has 2 aromatic heterocycles. The van der Waals surface area contributed by atoms with Gasteiger partial charge in [0.15, 0.2) is 5.65 Å². The van der Waals surface area contributed by atoms with Gasteiger partial charge in [-0.05, 0) is 37.1 Å². The molecule has 1 aromatic carbocycles. The maximum atomic E-state index is 12.2. The zero-order valence-electron chi connectivity index (χ0n) is 15.2. The lowest BCUT2D eigenvalue weighted by Gasteiger charge is -2.33. The van der Waals surface area contributed by atoms with Gasteiger partial charge in [0.1, 0.15) is 5.75 Å². The molecule has 1 fully saturated rings. The van der Waals surface area contributed by atoms with Crippen LogP contribution in [-0.2, 0) is 16.4 Å². The molecule has 4 heterocycles. The van der Waals surface area contributed by atoms with E-state index < -0.39 is 10.0 Å². The van der Waals surface area contributed by atoms with Crippen molar-refractivity contribution in [1.82, 2.24) is 18.9 Å². The van der Waals surface area contributed by atoms with Gasteiger partial charge in [0.25, 0.3) is 0 Å². The number of benzene rings is 1. The highest BCUT2D eigenvalue weighted by molar-refractivity contribution is 7.88. The number of rotatable bonds is 3. The first-order chi connectivity index (χ1) is 13.0. The summed E-state index contributed by atoms with van der Waals surface area (Å²) in [6.45, 7) is 0. The van der Waals surface area contributed by atoms with E-state index in [9.17, 15) is 8.42 Å². The van der Waals surface area contributed by atoms with E-state index in [-0.39, 0.29) is 12.1 Å². The summed E-state index contributed by atoms with van der Waals surface area (Å²) in [5.41, 5.74) is 4.67. The minimum absolute atomic E-state index is 0.0109. The van der Waals surface area contributed by atoms with Crippen molar-refractivity contribution in [3.8, 4) is 17.0 Å². The lowest BCUT2D eigenvalue weighted by Crippen LogP contribution is -2.42. The third-order valence-corrected chi connectivity index (χ3v) is 6.93. The molecule has 2 aliphatic heterocycles. The van der Waals surface area contributed by atoms with Gasteiger partial charge in [-0.3, -0.25) is 0 Å². The lowest BCUT2D eigenvalue weighted by atomic mass is 10.0. The Morgan fingerprint density at radius 1 is 1.19 bits per heavy atom. The summed E-state index contributed by atoms with van der Waals surface area (Å²) in [6, 6.07) is 9.62. The number of nitrogens with zero attached hydrogens (tertiary/aromatic N) is 4. The van der Waals surface area contributed by atoms with Gasteiger partial charge < -0.3 is 4.74 Å². The normalized spacial score (nSPS) is 22.1. The van der Waals surface area contributed by atoms with Crippen LogP contribution >= 0.6 is 0 Å². The maximum Gasteiger partial charge on any atom is 0.212 e. The van der Waals surface area contributed by atoms with Crippen LogP contribution in [0.25, 0.3) is 16.9 Å². The van der Waals surface area contributed by atoms with E-state index in [0.29, 0.717) is 6.42 Å². The zero-order chi connectivity index (χ0) is 18.8. The van der Waals surface area contributed by atoms with Crippen LogP contribution in [-0.4, -0.2) is 46.7 Å². The Bertz CT molecular complexity index is 1140. The van der Waals surface area contributed by atoms with E-state index >= 15 is 0 Å². The molecule has 8 heteroatoms. The highest BCUT2D eigenvalue weighted by atomic mass is 32.2. The minimum Gasteiger partial charge on any atom is -0.497 e. The van der Waals surface area contributed by atoms with Crippen molar-refractivity contribution in [2.24, 2.45) is 0 Å². The van der Waals surface area contributed by atoms with Crippen molar-refractivity contribution in [2.45, 2.75) is 31.3 Å². The Morgan fingerprint density at radius 2 is 1.96 bits per heavy atom. The second kappa shape index (κ2) is 5.77. The first kappa shape index (κ1) is 16.7. The standard InChI is InChI=1S/C19H20N4O3S/c1-26-14-6-3-12(4-7-14)16-10-19-20-11-15-17-8-5-13(23(17)27(2,24)25)9-18(15)22(19)21-16/h3-4,6-7,10-11,13,17H,5,8-9H2,1-2H3/t13-,17+/m0/s1. The molecule has 0 amide bonds. The fourth-order valence-electron chi connectivity index (χ4n) is 4.45. The highest BCUT2D eigenvalue weighted by Gasteiger charge is 2.45. The van der Waals surface area contributed by atoms with Gasteiger partial charge >= 0.3 is 0 Å². The Morgan fingerprint density at radius 3 is 2.67 bits per heavy atom. The fourth-order valence-corrected chi connectivity index (χ4v) is 5.85. The molecule has 0 N–H and O–H groups in total. The second-order valence-electron chi connectivity index (χ2n) is 7.23.